The van der Waals surface area contributed by atoms with Crippen molar-refractivity contribution in [3.8, 4) is 11.5 Å². The van der Waals surface area contributed by atoms with Crippen LogP contribution in [0, 0.1) is 0 Å². The van der Waals surface area contributed by atoms with Crippen LogP contribution >= 0.6 is 0 Å². The molecule has 0 saturated carbocycles. The van der Waals surface area contributed by atoms with E-state index >= 15 is 0 Å². The molecular weight excluding hydrogens is 408 g/mol. The van der Waals surface area contributed by atoms with Crippen molar-refractivity contribution in [3.05, 3.63) is 42.4 Å². The topological polar surface area (TPSA) is 84.8 Å². The van der Waals surface area contributed by atoms with Crippen LogP contribution in [-0.2, 0) is 13.0 Å². The van der Waals surface area contributed by atoms with Crippen LogP contribution in [0.5, 0.6) is 11.5 Å². The largest absolute Gasteiger partial charge is 0.493 e. The minimum Gasteiger partial charge on any atom is -0.493 e. The van der Waals surface area contributed by atoms with Gasteiger partial charge in [0.1, 0.15) is 11.3 Å². The van der Waals surface area contributed by atoms with E-state index in [9.17, 15) is 4.79 Å². The highest BCUT2D eigenvalue weighted by Gasteiger charge is 2.22. The predicted molar refractivity (Wildman–Crippen MR) is 123 cm³/mol. The summed E-state index contributed by atoms with van der Waals surface area (Å²) in [7, 11) is 3.17. The molecule has 2 amide bonds. The fourth-order valence-electron chi connectivity index (χ4n) is 4.04. The number of imidazole rings is 1. The van der Waals surface area contributed by atoms with E-state index in [1.54, 1.807) is 26.4 Å². The second-order valence-corrected chi connectivity index (χ2v) is 7.71. The van der Waals surface area contributed by atoms with Crippen LogP contribution in [0.25, 0.3) is 11.2 Å². The van der Waals surface area contributed by atoms with Gasteiger partial charge >= 0.3 is 6.03 Å². The molecule has 1 aliphatic heterocycles. The molecule has 0 spiro atoms. The number of hydrogen-bond acceptors (Lipinski definition) is 6. The third-order valence-corrected chi connectivity index (χ3v) is 5.83. The SMILES string of the molecule is CCc1nc2cccnc2n1CCN1CCN(C(=O)Nc2ccc(OC)c(OC)c2)CC1. The lowest BCUT2D eigenvalue weighted by molar-refractivity contribution is 0.144. The summed E-state index contributed by atoms with van der Waals surface area (Å²) in [5.74, 6) is 2.28. The zero-order chi connectivity index (χ0) is 22.5. The van der Waals surface area contributed by atoms with Crippen LogP contribution < -0.4 is 14.8 Å². The van der Waals surface area contributed by atoms with Crippen LogP contribution in [0.4, 0.5) is 10.5 Å². The number of hydrogen-bond donors (Lipinski definition) is 1. The summed E-state index contributed by atoms with van der Waals surface area (Å²) in [5, 5.41) is 2.95. The van der Waals surface area contributed by atoms with E-state index in [-0.39, 0.29) is 6.03 Å². The molecule has 1 saturated heterocycles. The molecule has 1 N–H and O–H groups in total. The summed E-state index contributed by atoms with van der Waals surface area (Å²) in [6.07, 6.45) is 2.69. The molecule has 170 valence electrons. The van der Waals surface area contributed by atoms with Gasteiger partial charge < -0.3 is 24.3 Å². The van der Waals surface area contributed by atoms with Crippen molar-refractivity contribution in [2.24, 2.45) is 0 Å². The molecule has 1 fully saturated rings. The number of aryl methyl sites for hydroxylation is 1. The van der Waals surface area contributed by atoms with Crippen LogP contribution in [-0.4, -0.2) is 77.3 Å². The van der Waals surface area contributed by atoms with Crippen molar-refractivity contribution in [3.63, 3.8) is 0 Å². The number of amides is 2. The van der Waals surface area contributed by atoms with Crippen molar-refractivity contribution >= 4 is 22.9 Å². The number of piperazine rings is 1. The Kier molecular flexibility index (Phi) is 6.75. The molecule has 0 unspecified atom stereocenters. The van der Waals surface area contributed by atoms with Gasteiger partial charge in [0.05, 0.1) is 14.2 Å². The van der Waals surface area contributed by atoms with E-state index in [2.05, 4.69) is 26.7 Å². The molecule has 0 radical (unpaired) electrons. The molecule has 1 aromatic carbocycles. The second kappa shape index (κ2) is 9.86. The minimum absolute atomic E-state index is 0.102. The molecule has 9 nitrogen and oxygen atoms in total. The first kappa shape index (κ1) is 21.9. The number of methoxy groups -OCH3 is 2. The van der Waals surface area contributed by atoms with E-state index in [1.165, 1.54) is 0 Å². The van der Waals surface area contributed by atoms with Crippen LogP contribution in [0.1, 0.15) is 12.7 Å². The number of carbonyl (C=O) groups excluding carboxylic acids is 1. The quantitative estimate of drug-likeness (QED) is 0.611. The van der Waals surface area contributed by atoms with Gasteiger partial charge in [0.2, 0.25) is 0 Å². The molecule has 0 atom stereocenters. The molecule has 9 heteroatoms. The number of fused-ring (bicyclic) bond motifs is 1. The fourth-order valence-corrected chi connectivity index (χ4v) is 4.04. The van der Waals surface area contributed by atoms with Crippen molar-refractivity contribution in [1.82, 2.24) is 24.3 Å². The predicted octanol–water partition coefficient (Wildman–Crippen LogP) is 2.86. The average molecular weight is 439 g/mol. The number of nitrogens with one attached hydrogen (secondary N) is 1. The summed E-state index contributed by atoms with van der Waals surface area (Å²) >= 11 is 0. The first-order chi connectivity index (χ1) is 15.6. The van der Waals surface area contributed by atoms with Crippen LogP contribution in [0.3, 0.4) is 0 Å². The second-order valence-electron chi connectivity index (χ2n) is 7.71. The zero-order valence-corrected chi connectivity index (χ0v) is 18.9. The molecule has 0 bridgehead atoms. The van der Waals surface area contributed by atoms with Crippen LogP contribution in [0.2, 0.25) is 0 Å². The van der Waals surface area contributed by atoms with Gasteiger partial charge in [-0.05, 0) is 24.3 Å². The number of rotatable bonds is 7. The lowest BCUT2D eigenvalue weighted by atomic mass is 10.2. The smallest absolute Gasteiger partial charge is 0.321 e. The van der Waals surface area contributed by atoms with E-state index in [0.29, 0.717) is 30.3 Å². The van der Waals surface area contributed by atoms with Crippen molar-refractivity contribution in [1.29, 1.82) is 0 Å². The van der Waals surface area contributed by atoms with E-state index in [4.69, 9.17) is 14.5 Å². The third kappa shape index (κ3) is 4.62. The highest BCUT2D eigenvalue weighted by Crippen LogP contribution is 2.29. The van der Waals surface area contributed by atoms with Gasteiger partial charge in [0.25, 0.3) is 0 Å². The van der Waals surface area contributed by atoms with Gasteiger partial charge in [0.15, 0.2) is 17.1 Å². The summed E-state index contributed by atoms with van der Waals surface area (Å²) in [5.41, 5.74) is 2.57. The van der Waals surface area contributed by atoms with Crippen LogP contribution in [0.15, 0.2) is 36.5 Å². The van der Waals surface area contributed by atoms with E-state index in [0.717, 1.165) is 49.6 Å². The van der Waals surface area contributed by atoms with Gasteiger partial charge in [-0.25, -0.2) is 14.8 Å². The molecule has 4 rings (SSSR count). The summed E-state index contributed by atoms with van der Waals surface area (Å²) in [6, 6.07) is 9.19. The van der Waals surface area contributed by atoms with Crippen molar-refractivity contribution in [2.45, 2.75) is 19.9 Å². The van der Waals surface area contributed by atoms with Crippen molar-refractivity contribution < 1.29 is 14.3 Å². The molecule has 3 heterocycles. The molecule has 2 aromatic heterocycles. The normalized spacial score (nSPS) is 14.5. The Hall–Kier alpha value is -3.33. The summed E-state index contributed by atoms with van der Waals surface area (Å²) < 4.78 is 12.8. The monoisotopic (exact) mass is 438 g/mol. The summed E-state index contributed by atoms with van der Waals surface area (Å²) in [4.78, 5) is 26.1. The maximum absolute atomic E-state index is 12.7. The Morgan fingerprint density at radius 1 is 1.06 bits per heavy atom. The number of nitrogens with zero attached hydrogens (tertiary/aromatic N) is 5. The average Bonchev–Trinajstić information content (AvgIpc) is 3.20. The number of ether oxygens (including phenoxy) is 2. The number of benzene rings is 1. The number of pyridine rings is 1. The Balaban J connectivity index is 1.30. The number of anilines is 1. The third-order valence-electron chi connectivity index (χ3n) is 5.83. The standard InChI is InChI=1S/C23H30N6O3/c1-4-21-26-18-6-5-9-24-22(18)29(21)15-12-27-10-13-28(14-11-27)23(30)25-17-7-8-19(31-2)20(16-17)32-3/h5-9,16H,4,10-15H2,1-3H3,(H,25,30). The van der Waals surface area contributed by atoms with Gasteiger partial charge in [0, 0.05) is 63.6 Å². The molecule has 1 aliphatic rings. The lowest BCUT2D eigenvalue weighted by Gasteiger charge is -2.34. The van der Waals surface area contributed by atoms with E-state index in [1.807, 2.05) is 29.3 Å². The van der Waals surface area contributed by atoms with E-state index < -0.39 is 0 Å². The Morgan fingerprint density at radius 2 is 1.84 bits per heavy atom. The van der Waals surface area contributed by atoms with Gasteiger partial charge in [-0.3, -0.25) is 4.90 Å². The molecular formula is C23H30N6O3. The molecule has 32 heavy (non-hydrogen) atoms. The van der Waals surface area contributed by atoms with Gasteiger partial charge in [-0.15, -0.1) is 0 Å². The number of aromatic nitrogens is 3. The lowest BCUT2D eigenvalue weighted by Crippen LogP contribution is -2.50. The Bertz CT molecular complexity index is 1070. The van der Waals surface area contributed by atoms with Gasteiger partial charge in [-0.2, -0.15) is 0 Å². The number of carbonyl (C=O) groups is 1. The van der Waals surface area contributed by atoms with Gasteiger partial charge in [-0.1, -0.05) is 6.92 Å². The highest BCUT2D eigenvalue weighted by atomic mass is 16.5. The molecule has 3 aromatic rings. The minimum atomic E-state index is -0.102. The zero-order valence-electron chi connectivity index (χ0n) is 18.9. The maximum Gasteiger partial charge on any atom is 0.321 e. The Labute approximate surface area is 187 Å². The fraction of sp³-hybridized carbons (Fsp3) is 0.435. The van der Waals surface area contributed by atoms with Crippen molar-refractivity contribution in [2.75, 3.05) is 52.3 Å². The number of urea groups is 1. The maximum atomic E-state index is 12.7. The first-order valence-electron chi connectivity index (χ1n) is 10.9. The highest BCUT2D eigenvalue weighted by molar-refractivity contribution is 5.89. The first-order valence-corrected chi connectivity index (χ1v) is 10.9. The molecule has 0 aliphatic carbocycles. The summed E-state index contributed by atoms with van der Waals surface area (Å²) in [6.45, 7) is 6.90. The Morgan fingerprint density at radius 3 is 2.56 bits per heavy atom.